The number of aromatic nitrogens is 1. The molecule has 0 aromatic carbocycles. The highest BCUT2D eigenvalue weighted by molar-refractivity contribution is 7.11. The van der Waals surface area contributed by atoms with Crippen molar-refractivity contribution in [1.82, 2.24) is 15.2 Å². The molecule has 20 heavy (non-hydrogen) atoms. The second kappa shape index (κ2) is 7.23. The first kappa shape index (κ1) is 16.4. The molecule has 1 aromatic rings. The lowest BCUT2D eigenvalue weighted by Gasteiger charge is -2.23. The van der Waals surface area contributed by atoms with Crippen LogP contribution >= 0.6 is 11.3 Å². The van der Waals surface area contributed by atoms with Crippen LogP contribution in [0.25, 0.3) is 0 Å². The van der Waals surface area contributed by atoms with Gasteiger partial charge in [0.05, 0.1) is 23.2 Å². The molecule has 6 nitrogen and oxygen atoms in total. The van der Waals surface area contributed by atoms with Crippen molar-refractivity contribution in [2.75, 3.05) is 13.1 Å². The predicted molar refractivity (Wildman–Crippen MR) is 78.0 cm³/mol. The number of rotatable bonds is 6. The topological polar surface area (TPSA) is 82.5 Å². The molecule has 0 aliphatic rings. The molecular weight excluding hydrogens is 278 g/mol. The molecule has 7 heteroatoms. The number of carboxylic acids is 1. The fourth-order valence-corrected chi connectivity index (χ4v) is 2.85. The van der Waals surface area contributed by atoms with E-state index in [1.807, 2.05) is 27.7 Å². The van der Waals surface area contributed by atoms with Crippen LogP contribution in [0, 0.1) is 13.8 Å². The Kier molecular flexibility index (Phi) is 5.94. The van der Waals surface area contributed by atoms with Gasteiger partial charge in [-0.3, -0.25) is 4.79 Å². The summed E-state index contributed by atoms with van der Waals surface area (Å²) in [6.07, 6.45) is -0.0473. The van der Waals surface area contributed by atoms with Gasteiger partial charge in [0.25, 0.3) is 0 Å². The van der Waals surface area contributed by atoms with E-state index in [-0.39, 0.29) is 25.0 Å². The van der Waals surface area contributed by atoms with E-state index >= 15 is 0 Å². The van der Waals surface area contributed by atoms with Crippen LogP contribution in [-0.4, -0.2) is 40.1 Å². The number of carbonyl (C=O) groups excluding carboxylic acids is 1. The highest BCUT2D eigenvalue weighted by Gasteiger charge is 2.19. The Labute approximate surface area is 122 Å². The van der Waals surface area contributed by atoms with Gasteiger partial charge >= 0.3 is 12.0 Å². The number of carbonyl (C=O) groups is 2. The fraction of sp³-hybridized carbons (Fsp3) is 0.615. The van der Waals surface area contributed by atoms with Gasteiger partial charge in [-0.2, -0.15) is 0 Å². The zero-order valence-electron chi connectivity index (χ0n) is 12.3. The van der Waals surface area contributed by atoms with Gasteiger partial charge in [-0.1, -0.05) is 0 Å². The summed E-state index contributed by atoms with van der Waals surface area (Å²) in [6, 6.07) is -0.376. The van der Waals surface area contributed by atoms with E-state index in [4.69, 9.17) is 5.11 Å². The molecule has 0 saturated carbocycles. The van der Waals surface area contributed by atoms with Crippen LogP contribution in [0.5, 0.6) is 0 Å². The Morgan fingerprint density at radius 3 is 2.55 bits per heavy atom. The number of urea groups is 1. The highest BCUT2D eigenvalue weighted by atomic mass is 32.1. The van der Waals surface area contributed by atoms with Crippen molar-refractivity contribution in [2.45, 2.75) is 40.2 Å². The van der Waals surface area contributed by atoms with E-state index in [1.165, 1.54) is 4.90 Å². The third kappa shape index (κ3) is 4.48. The molecule has 1 rings (SSSR count). The second-order valence-corrected chi connectivity index (χ2v) is 5.81. The number of hydrogen-bond donors (Lipinski definition) is 2. The minimum atomic E-state index is -0.904. The summed E-state index contributed by atoms with van der Waals surface area (Å²) in [5, 5.41) is 12.5. The fourth-order valence-electron chi connectivity index (χ4n) is 1.92. The third-order valence-corrected chi connectivity index (χ3v) is 4.19. The Bertz CT molecular complexity index is 487. The van der Waals surface area contributed by atoms with E-state index in [0.29, 0.717) is 6.54 Å². The molecule has 1 unspecified atom stereocenters. The van der Waals surface area contributed by atoms with E-state index in [0.717, 1.165) is 15.6 Å². The molecule has 112 valence electrons. The molecule has 0 radical (unpaired) electrons. The van der Waals surface area contributed by atoms with Crippen molar-refractivity contribution < 1.29 is 14.7 Å². The number of amides is 2. The summed E-state index contributed by atoms with van der Waals surface area (Å²) in [4.78, 5) is 29.5. The Hall–Kier alpha value is -1.63. The number of nitrogens with one attached hydrogen (secondary N) is 1. The SMILES string of the molecule is CCN(CCC(=O)O)C(=O)NC(C)c1sc(C)nc1C. The van der Waals surface area contributed by atoms with Crippen LogP contribution in [0.2, 0.25) is 0 Å². The van der Waals surface area contributed by atoms with Crippen molar-refractivity contribution in [3.05, 3.63) is 15.6 Å². The van der Waals surface area contributed by atoms with Gasteiger partial charge in [-0.05, 0) is 27.7 Å². The lowest BCUT2D eigenvalue weighted by Crippen LogP contribution is -2.41. The van der Waals surface area contributed by atoms with E-state index in [2.05, 4.69) is 10.3 Å². The average molecular weight is 299 g/mol. The van der Waals surface area contributed by atoms with Gasteiger partial charge in [0, 0.05) is 18.0 Å². The number of nitrogens with zero attached hydrogens (tertiary/aromatic N) is 2. The summed E-state index contributed by atoms with van der Waals surface area (Å²) in [6.45, 7) is 8.28. The lowest BCUT2D eigenvalue weighted by atomic mass is 10.2. The second-order valence-electron chi connectivity index (χ2n) is 4.58. The predicted octanol–water partition coefficient (Wildman–Crippen LogP) is 2.33. The molecule has 1 heterocycles. The minimum absolute atomic E-state index is 0.0473. The smallest absolute Gasteiger partial charge is 0.317 e. The summed E-state index contributed by atoms with van der Waals surface area (Å²) in [7, 11) is 0. The third-order valence-electron chi connectivity index (χ3n) is 2.94. The van der Waals surface area contributed by atoms with Crippen LogP contribution < -0.4 is 5.32 Å². The number of carboxylic acid groups (broad SMARTS) is 1. The van der Waals surface area contributed by atoms with Crippen molar-refractivity contribution in [3.63, 3.8) is 0 Å². The van der Waals surface area contributed by atoms with Crippen LogP contribution in [0.15, 0.2) is 0 Å². The molecule has 2 amide bonds. The standard InChI is InChI=1S/C13H21N3O3S/c1-5-16(7-6-11(17)18)13(19)15-9(3)12-8(2)14-10(4)20-12/h9H,5-7H2,1-4H3,(H,15,19)(H,17,18). The zero-order chi connectivity index (χ0) is 15.3. The monoisotopic (exact) mass is 299 g/mol. The molecule has 0 spiro atoms. The van der Waals surface area contributed by atoms with E-state index < -0.39 is 5.97 Å². The maximum absolute atomic E-state index is 12.1. The number of aryl methyl sites for hydroxylation is 2. The molecular formula is C13H21N3O3S. The van der Waals surface area contributed by atoms with Gasteiger partial charge < -0.3 is 15.3 Å². The van der Waals surface area contributed by atoms with Gasteiger partial charge in [0.15, 0.2) is 0 Å². The number of hydrogen-bond acceptors (Lipinski definition) is 4. The van der Waals surface area contributed by atoms with Crippen molar-refractivity contribution >= 4 is 23.3 Å². The van der Waals surface area contributed by atoms with Gasteiger partial charge in [0.2, 0.25) is 0 Å². The molecule has 2 N–H and O–H groups in total. The molecule has 1 aromatic heterocycles. The summed E-state index contributed by atoms with van der Waals surface area (Å²) in [5.41, 5.74) is 0.925. The first-order valence-electron chi connectivity index (χ1n) is 6.56. The zero-order valence-corrected chi connectivity index (χ0v) is 13.1. The Morgan fingerprint density at radius 2 is 2.10 bits per heavy atom. The first-order valence-corrected chi connectivity index (χ1v) is 7.38. The highest BCUT2D eigenvalue weighted by Crippen LogP contribution is 2.24. The molecule has 1 atom stereocenters. The first-order chi connectivity index (χ1) is 9.35. The minimum Gasteiger partial charge on any atom is -0.481 e. The molecule has 0 fully saturated rings. The van der Waals surface area contributed by atoms with Gasteiger partial charge in [-0.25, -0.2) is 9.78 Å². The maximum Gasteiger partial charge on any atom is 0.317 e. The lowest BCUT2D eigenvalue weighted by molar-refractivity contribution is -0.137. The van der Waals surface area contributed by atoms with Crippen molar-refractivity contribution in [3.8, 4) is 0 Å². The van der Waals surface area contributed by atoms with Gasteiger partial charge in [0.1, 0.15) is 0 Å². The van der Waals surface area contributed by atoms with Crippen molar-refractivity contribution in [2.24, 2.45) is 0 Å². The van der Waals surface area contributed by atoms with E-state index in [9.17, 15) is 9.59 Å². The van der Waals surface area contributed by atoms with Crippen LogP contribution in [0.3, 0.4) is 0 Å². The molecule has 0 aliphatic carbocycles. The summed E-state index contributed by atoms with van der Waals surface area (Å²) >= 11 is 1.56. The van der Waals surface area contributed by atoms with Crippen molar-refractivity contribution in [1.29, 1.82) is 0 Å². The van der Waals surface area contributed by atoms with Crippen LogP contribution in [0.1, 0.15) is 41.9 Å². The largest absolute Gasteiger partial charge is 0.481 e. The Morgan fingerprint density at radius 1 is 1.45 bits per heavy atom. The Balaban J connectivity index is 2.63. The summed E-state index contributed by atoms with van der Waals surface area (Å²) < 4.78 is 0. The van der Waals surface area contributed by atoms with Crippen LogP contribution in [0.4, 0.5) is 4.79 Å². The average Bonchev–Trinajstić information content (AvgIpc) is 2.68. The maximum atomic E-state index is 12.1. The molecule has 0 aliphatic heterocycles. The normalized spacial score (nSPS) is 12.0. The van der Waals surface area contributed by atoms with E-state index in [1.54, 1.807) is 11.3 Å². The van der Waals surface area contributed by atoms with Gasteiger partial charge in [-0.15, -0.1) is 11.3 Å². The number of aliphatic carboxylic acids is 1. The molecule has 0 saturated heterocycles. The molecule has 0 bridgehead atoms. The van der Waals surface area contributed by atoms with Crippen LogP contribution in [-0.2, 0) is 4.79 Å². The summed E-state index contributed by atoms with van der Waals surface area (Å²) in [5.74, 6) is -0.904. The number of thiazole rings is 1. The quantitative estimate of drug-likeness (QED) is 0.844.